The lowest BCUT2D eigenvalue weighted by atomic mass is 10.1. The van der Waals surface area contributed by atoms with E-state index in [-0.39, 0.29) is 60.6 Å². The zero-order valence-electron chi connectivity index (χ0n) is 63.6. The zero-order valence-corrected chi connectivity index (χ0v) is 63.6. The Labute approximate surface area is 669 Å². The molecule has 42 heteroatoms. The SMILES string of the molecule is CCNC(=O)Nc1ncnc2c1ncn2C1OC(C(=O)N2CC[C@H](C(=O)O)C2)C2O[C@H](c3ccccc3)OC21.CCNC(=O)Nc1ncnc2c1ncn2C1OC(C(=O)N2CC[C@H](C(=O)O)C2)C2O[C@H](c3ccccc3)OC21.CCNC(=O)Nc1ncnc2c1ncn2C1OC(C(=O)N2CC[C@H](CC(=O)O)C2)C2O[C@H](c3ccccc3)OC21. The number of likely N-dealkylation sites (tertiary alicyclic amines) is 3. The normalized spacial score (nSPS) is 27.8. The van der Waals surface area contributed by atoms with E-state index in [0.717, 1.165) is 16.7 Å². The first-order valence-corrected chi connectivity index (χ1v) is 38.6. The number of hydrogen-bond donors (Lipinski definition) is 9. The van der Waals surface area contributed by atoms with Crippen LogP contribution < -0.4 is 31.9 Å². The molecule has 0 saturated carbocycles. The predicted octanol–water partition coefficient (Wildman–Crippen LogP) is 4.23. The van der Waals surface area contributed by atoms with Crippen molar-refractivity contribution in [3.63, 3.8) is 0 Å². The minimum absolute atomic E-state index is 0.00700. The molecule has 9 aliphatic rings. The van der Waals surface area contributed by atoms with E-state index >= 15 is 0 Å². The maximum Gasteiger partial charge on any atom is 0.320 e. The predicted molar refractivity (Wildman–Crippen MR) is 404 cm³/mol. The molecule has 9 N–H and O–H groups in total. The summed E-state index contributed by atoms with van der Waals surface area (Å²) in [6.07, 6.45) is -2.29. The monoisotopic (exact) mass is 1630 g/mol. The molecule has 42 nitrogen and oxygen atoms in total. The molecule has 0 aliphatic carbocycles. The van der Waals surface area contributed by atoms with Gasteiger partial charge in [-0.1, -0.05) is 91.0 Å². The molecular formula is C76H83N21O21. The number of fused-ring (bicyclic) bond motifs is 6. The van der Waals surface area contributed by atoms with Crippen LogP contribution in [-0.2, 0) is 71.4 Å². The molecule has 15 heterocycles. The molecule has 9 aliphatic heterocycles. The van der Waals surface area contributed by atoms with Crippen molar-refractivity contribution in [3.8, 4) is 0 Å². The van der Waals surface area contributed by atoms with Gasteiger partial charge >= 0.3 is 36.0 Å². The summed E-state index contributed by atoms with van der Waals surface area (Å²) in [5.74, 6) is -4.43. The third kappa shape index (κ3) is 16.1. The first-order valence-electron chi connectivity index (χ1n) is 38.6. The average Bonchev–Trinajstić information content (AvgIpc) is 1.60. The highest BCUT2D eigenvalue weighted by atomic mass is 16.8. The number of carbonyl (C=O) groups is 9. The molecule has 6 aromatic heterocycles. The van der Waals surface area contributed by atoms with Crippen LogP contribution in [0.25, 0.3) is 33.5 Å². The molecule has 3 aromatic carbocycles. The fourth-order valence-electron chi connectivity index (χ4n) is 16.0. The molecule has 9 aromatic rings. The van der Waals surface area contributed by atoms with Crippen molar-refractivity contribution < 1.29 is 101 Å². The van der Waals surface area contributed by atoms with Gasteiger partial charge in [-0.15, -0.1) is 0 Å². The number of carbonyl (C=O) groups excluding carboxylic acids is 6. The second-order valence-electron chi connectivity index (χ2n) is 29.0. The van der Waals surface area contributed by atoms with E-state index in [1.54, 1.807) is 39.4 Å². The first-order chi connectivity index (χ1) is 57.3. The van der Waals surface area contributed by atoms with Gasteiger partial charge in [-0.2, -0.15) is 0 Å². The van der Waals surface area contributed by atoms with Gasteiger partial charge in [0, 0.05) is 82.0 Å². The first kappa shape index (κ1) is 79.4. The number of imidazole rings is 3. The van der Waals surface area contributed by atoms with Crippen LogP contribution in [0.3, 0.4) is 0 Å². The minimum atomic E-state index is -1.03. The standard InChI is InChI=1S/C26H29N7O7.2C25H27N7O7/c1-2-27-26(37)31-21-17-22(29-12-28-21)33(13-30-17)24-20-18(39-25(40-20)15-6-4-3-5-7-15)19(38-24)23(36)32-9-8-14(11-32)10-16(34)35;2*1-2-26-25(36)30-19-15-20(28-11-27-19)32(12-29-15)22-18-16(38-24(39-18)13-6-4-3-5-7-13)17(37-22)21(33)31-9-8-14(10-31)23(34)35/h3-7,12-14,18-20,24-25H,2,8-11H2,1H3,(H,34,35)(H2,27,28,29,31,37);2*3-7,11-12,14,16-18,22,24H,2,8-10H2,1H3,(H,34,35)(H2,26,27,28,30,36)/t14-,18?,19?,20?,24?,25+;2*14-,16?,17?,18?,22?,24-/m100/s1. The number of aliphatic carboxylic acids is 3. The number of aromatic nitrogens is 12. The average molecular weight is 1630 g/mol. The number of urea groups is 3. The second kappa shape index (κ2) is 34.4. The van der Waals surface area contributed by atoms with Crippen molar-refractivity contribution in [3.05, 3.63) is 146 Å². The summed E-state index contributed by atoms with van der Waals surface area (Å²) < 4.78 is 61.5. The Bertz CT molecular complexity index is 5010. The Morgan fingerprint density at radius 2 is 0.686 bits per heavy atom. The van der Waals surface area contributed by atoms with Crippen LogP contribution in [0, 0.1) is 17.8 Å². The van der Waals surface area contributed by atoms with Crippen LogP contribution >= 0.6 is 0 Å². The van der Waals surface area contributed by atoms with Gasteiger partial charge in [0.15, 0.2) is 107 Å². The van der Waals surface area contributed by atoms with Crippen molar-refractivity contribution in [2.75, 3.05) is 74.9 Å². The van der Waals surface area contributed by atoms with Crippen LogP contribution in [0.2, 0.25) is 0 Å². The lowest BCUT2D eigenvalue weighted by molar-refractivity contribution is -0.168. The number of amides is 9. The smallest absolute Gasteiger partial charge is 0.320 e. The number of nitrogens with zero attached hydrogens (tertiary/aromatic N) is 15. The quantitative estimate of drug-likeness (QED) is 0.0547. The highest BCUT2D eigenvalue weighted by Crippen LogP contribution is 2.50. The van der Waals surface area contributed by atoms with Gasteiger partial charge in [0.05, 0.1) is 30.8 Å². The number of anilines is 3. The topological polar surface area (TPSA) is 510 Å². The molecule has 9 fully saturated rings. The van der Waals surface area contributed by atoms with E-state index in [1.807, 2.05) is 91.0 Å². The fraction of sp³-hybridized carbons (Fsp3) is 0.447. The van der Waals surface area contributed by atoms with Crippen molar-refractivity contribution in [2.45, 2.75) is 139 Å². The number of carboxylic acids is 3. The van der Waals surface area contributed by atoms with Gasteiger partial charge in [0.2, 0.25) is 0 Å². The Morgan fingerprint density at radius 3 is 0.983 bits per heavy atom. The molecule has 0 radical (unpaired) electrons. The van der Waals surface area contributed by atoms with Gasteiger partial charge in [0.25, 0.3) is 17.7 Å². The number of benzene rings is 3. The number of hydrogen-bond acceptors (Lipinski definition) is 27. The molecule has 618 valence electrons. The molecule has 0 spiro atoms. The summed E-state index contributed by atoms with van der Waals surface area (Å²) >= 11 is 0. The highest BCUT2D eigenvalue weighted by Gasteiger charge is 2.61. The largest absolute Gasteiger partial charge is 0.481 e. The Kier molecular flexibility index (Phi) is 23.2. The van der Waals surface area contributed by atoms with Crippen LogP contribution in [0.5, 0.6) is 0 Å². The third-order valence-corrected chi connectivity index (χ3v) is 21.6. The molecule has 9 amide bonds. The molecule has 18 atom stereocenters. The highest BCUT2D eigenvalue weighted by molar-refractivity contribution is 5.98. The minimum Gasteiger partial charge on any atom is -0.481 e. The summed E-state index contributed by atoms with van der Waals surface area (Å²) in [6, 6.07) is 26.8. The molecule has 118 heavy (non-hydrogen) atoms. The van der Waals surface area contributed by atoms with Gasteiger partial charge in [-0.3, -0.25) is 58.4 Å². The van der Waals surface area contributed by atoms with Gasteiger partial charge < -0.3 is 88.6 Å². The van der Waals surface area contributed by atoms with Crippen molar-refractivity contribution >= 4 is 105 Å². The Hall–Kier alpha value is -12.4. The van der Waals surface area contributed by atoms with E-state index in [2.05, 4.69) is 76.8 Å². The maximum atomic E-state index is 13.7. The second-order valence-corrected chi connectivity index (χ2v) is 29.0. The van der Waals surface area contributed by atoms with Gasteiger partial charge in [-0.05, 0) is 46.0 Å². The molecular weight excluding hydrogens is 1540 g/mol. The summed E-state index contributed by atoms with van der Waals surface area (Å²) in [5, 5.41) is 43.9. The molecule has 9 saturated heterocycles. The third-order valence-electron chi connectivity index (χ3n) is 21.6. The van der Waals surface area contributed by atoms with E-state index in [0.29, 0.717) is 98.6 Å². The van der Waals surface area contributed by atoms with Crippen LogP contribution in [-0.4, -0.2) is 256 Å². The molecule has 18 rings (SSSR count). The van der Waals surface area contributed by atoms with Crippen molar-refractivity contribution in [1.82, 2.24) is 89.2 Å². The van der Waals surface area contributed by atoms with Crippen molar-refractivity contribution in [1.29, 1.82) is 0 Å². The van der Waals surface area contributed by atoms with Gasteiger partial charge in [0.1, 0.15) is 55.6 Å². The summed E-state index contributed by atoms with van der Waals surface area (Å²) in [6.45, 7) is 8.34. The van der Waals surface area contributed by atoms with E-state index in [9.17, 15) is 58.5 Å². The lowest BCUT2D eigenvalue weighted by Gasteiger charge is -2.24. The van der Waals surface area contributed by atoms with E-state index in [4.69, 9.17) is 42.6 Å². The fourth-order valence-corrected chi connectivity index (χ4v) is 16.0. The summed E-state index contributed by atoms with van der Waals surface area (Å²) in [5.41, 5.74) is 4.51. The number of nitrogens with one attached hydrogen (secondary N) is 6. The Balaban J connectivity index is 0.000000132. The van der Waals surface area contributed by atoms with E-state index in [1.165, 1.54) is 47.8 Å². The number of carboxylic acid groups (broad SMARTS) is 3. The van der Waals surface area contributed by atoms with Gasteiger partial charge in [-0.25, -0.2) is 59.2 Å². The molecule has 0 bridgehead atoms. The Morgan fingerprint density at radius 1 is 0.381 bits per heavy atom. The number of ether oxygens (including phenoxy) is 9. The van der Waals surface area contributed by atoms with Crippen molar-refractivity contribution in [2.24, 2.45) is 17.8 Å². The number of rotatable bonds is 19. The van der Waals surface area contributed by atoms with Crippen LogP contribution in [0.4, 0.5) is 31.8 Å². The lowest BCUT2D eigenvalue weighted by Crippen LogP contribution is -2.44. The van der Waals surface area contributed by atoms with Crippen LogP contribution in [0.15, 0.2) is 129 Å². The summed E-state index contributed by atoms with van der Waals surface area (Å²) in [4.78, 5) is 155. The maximum absolute atomic E-state index is 13.7. The summed E-state index contributed by atoms with van der Waals surface area (Å²) in [7, 11) is 0. The zero-order chi connectivity index (χ0) is 82.0. The molecule has 12 unspecified atom stereocenters. The van der Waals surface area contributed by atoms with E-state index < -0.39 is 140 Å². The van der Waals surface area contributed by atoms with Crippen LogP contribution in [0.1, 0.15) is 101 Å².